The van der Waals surface area contributed by atoms with Crippen LogP contribution in [0.2, 0.25) is 0 Å². The number of benzene rings is 1. The van der Waals surface area contributed by atoms with Crippen molar-refractivity contribution in [3.05, 3.63) is 57.3 Å². The molecular formula is C14H16N2O. The average molecular weight is 228 g/mol. The van der Waals surface area contributed by atoms with Crippen LogP contribution >= 0.6 is 0 Å². The van der Waals surface area contributed by atoms with Crippen molar-refractivity contribution in [3.8, 4) is 0 Å². The van der Waals surface area contributed by atoms with Crippen LogP contribution in [-0.4, -0.2) is 9.97 Å². The fourth-order valence-electron chi connectivity index (χ4n) is 2.77. The number of imidazole rings is 1. The molecule has 1 aliphatic rings. The molecule has 0 spiro atoms. The Morgan fingerprint density at radius 1 is 1.41 bits per heavy atom. The number of aryl methyl sites for hydroxylation is 2. The van der Waals surface area contributed by atoms with Crippen LogP contribution in [0.15, 0.2) is 29.2 Å². The van der Waals surface area contributed by atoms with Crippen LogP contribution in [0.3, 0.4) is 0 Å². The smallest absolute Gasteiger partial charge is 0.313 e. The Balaban J connectivity index is 1.88. The third-order valence-electron chi connectivity index (χ3n) is 3.62. The van der Waals surface area contributed by atoms with Crippen molar-refractivity contribution >= 4 is 0 Å². The summed E-state index contributed by atoms with van der Waals surface area (Å²) in [5, 5.41) is 0. The molecule has 2 N–H and O–H groups in total. The first kappa shape index (κ1) is 10.4. The summed E-state index contributed by atoms with van der Waals surface area (Å²) in [6.45, 7) is 2.13. The van der Waals surface area contributed by atoms with Gasteiger partial charge in [0.25, 0.3) is 0 Å². The van der Waals surface area contributed by atoms with Crippen molar-refractivity contribution in [2.45, 2.75) is 32.1 Å². The molecule has 0 radical (unpaired) electrons. The SMILES string of the molecule is Cc1ccc2c(c1)C(Cc1c[nH]c(=O)[nH]1)CC2. The monoisotopic (exact) mass is 228 g/mol. The zero-order chi connectivity index (χ0) is 11.8. The van der Waals surface area contributed by atoms with Crippen LogP contribution in [-0.2, 0) is 12.8 Å². The van der Waals surface area contributed by atoms with E-state index in [9.17, 15) is 4.79 Å². The highest BCUT2D eigenvalue weighted by atomic mass is 16.1. The number of rotatable bonds is 2. The molecule has 0 saturated heterocycles. The number of aromatic nitrogens is 2. The summed E-state index contributed by atoms with van der Waals surface area (Å²) >= 11 is 0. The van der Waals surface area contributed by atoms with Crippen molar-refractivity contribution in [1.82, 2.24) is 9.97 Å². The standard InChI is InChI=1S/C14H16N2O/c1-9-2-3-10-4-5-11(13(10)6-9)7-12-8-15-14(17)16-12/h2-3,6,8,11H,4-5,7H2,1H3,(H2,15,16,17). The van der Waals surface area contributed by atoms with Crippen molar-refractivity contribution in [3.63, 3.8) is 0 Å². The highest BCUT2D eigenvalue weighted by Gasteiger charge is 2.22. The summed E-state index contributed by atoms with van der Waals surface area (Å²) in [5.41, 5.74) is 5.15. The lowest BCUT2D eigenvalue weighted by Crippen LogP contribution is -2.04. The summed E-state index contributed by atoms with van der Waals surface area (Å²) in [6, 6.07) is 6.71. The Hall–Kier alpha value is -1.77. The summed E-state index contributed by atoms with van der Waals surface area (Å²) < 4.78 is 0. The quantitative estimate of drug-likeness (QED) is 0.814. The third kappa shape index (κ3) is 1.93. The lowest BCUT2D eigenvalue weighted by atomic mass is 9.95. The normalized spacial score (nSPS) is 18.3. The van der Waals surface area contributed by atoms with E-state index >= 15 is 0 Å². The number of fused-ring (bicyclic) bond motifs is 1. The maximum Gasteiger partial charge on any atom is 0.323 e. The minimum absolute atomic E-state index is 0.109. The highest BCUT2D eigenvalue weighted by molar-refractivity contribution is 5.38. The van der Waals surface area contributed by atoms with Crippen molar-refractivity contribution < 1.29 is 0 Å². The van der Waals surface area contributed by atoms with Crippen LogP contribution in [0, 0.1) is 6.92 Å². The third-order valence-corrected chi connectivity index (χ3v) is 3.62. The molecule has 1 aliphatic carbocycles. The predicted octanol–water partition coefficient (Wildman–Crippen LogP) is 2.28. The Morgan fingerprint density at radius 3 is 3.06 bits per heavy atom. The van der Waals surface area contributed by atoms with Gasteiger partial charge in [0, 0.05) is 11.9 Å². The molecule has 3 nitrogen and oxygen atoms in total. The molecule has 1 unspecified atom stereocenters. The second kappa shape index (κ2) is 3.91. The van der Waals surface area contributed by atoms with Gasteiger partial charge in [-0.1, -0.05) is 23.8 Å². The average Bonchev–Trinajstić information content (AvgIpc) is 2.87. The molecule has 1 aromatic heterocycles. The van der Waals surface area contributed by atoms with E-state index < -0.39 is 0 Å². The minimum atomic E-state index is -0.109. The predicted molar refractivity (Wildman–Crippen MR) is 67.4 cm³/mol. The molecule has 3 rings (SSSR count). The van der Waals surface area contributed by atoms with Gasteiger partial charge in [0.05, 0.1) is 0 Å². The van der Waals surface area contributed by atoms with E-state index in [-0.39, 0.29) is 5.69 Å². The van der Waals surface area contributed by atoms with Crippen LogP contribution in [0.4, 0.5) is 0 Å². The van der Waals surface area contributed by atoms with Crippen molar-refractivity contribution in [1.29, 1.82) is 0 Å². The molecule has 88 valence electrons. The summed E-state index contributed by atoms with van der Waals surface area (Å²) in [7, 11) is 0. The highest BCUT2D eigenvalue weighted by Crippen LogP contribution is 2.35. The number of H-pyrrole nitrogens is 2. The Kier molecular flexibility index (Phi) is 2.39. The van der Waals surface area contributed by atoms with E-state index in [4.69, 9.17) is 0 Å². The lowest BCUT2D eigenvalue weighted by Gasteiger charge is -2.10. The van der Waals surface area contributed by atoms with Crippen LogP contribution in [0.1, 0.15) is 34.7 Å². The topological polar surface area (TPSA) is 48.6 Å². The van der Waals surface area contributed by atoms with Crippen LogP contribution < -0.4 is 5.69 Å². The molecule has 0 fully saturated rings. The number of hydrogen-bond acceptors (Lipinski definition) is 1. The van der Waals surface area contributed by atoms with Crippen LogP contribution in [0.5, 0.6) is 0 Å². The summed E-state index contributed by atoms with van der Waals surface area (Å²) in [6.07, 6.45) is 5.06. The van der Waals surface area contributed by atoms with E-state index in [1.807, 2.05) is 0 Å². The number of aromatic amines is 2. The lowest BCUT2D eigenvalue weighted by molar-refractivity contribution is 0.665. The molecule has 1 heterocycles. The first-order valence-electron chi connectivity index (χ1n) is 6.08. The first-order chi connectivity index (χ1) is 8.22. The van der Waals surface area contributed by atoms with Gasteiger partial charge in [-0.15, -0.1) is 0 Å². The van der Waals surface area contributed by atoms with Gasteiger partial charge in [0.15, 0.2) is 0 Å². The Labute approximate surface area is 99.9 Å². The van der Waals surface area contributed by atoms with E-state index in [1.54, 1.807) is 6.20 Å². The fourth-order valence-corrected chi connectivity index (χ4v) is 2.77. The van der Waals surface area contributed by atoms with Gasteiger partial charge in [-0.2, -0.15) is 0 Å². The molecule has 3 heteroatoms. The van der Waals surface area contributed by atoms with Crippen molar-refractivity contribution in [2.24, 2.45) is 0 Å². The zero-order valence-corrected chi connectivity index (χ0v) is 9.92. The number of nitrogens with one attached hydrogen (secondary N) is 2. The maximum atomic E-state index is 11.1. The van der Waals surface area contributed by atoms with E-state index in [0.717, 1.165) is 18.5 Å². The molecule has 2 aromatic rings. The first-order valence-corrected chi connectivity index (χ1v) is 6.08. The molecule has 0 amide bonds. The van der Waals surface area contributed by atoms with Gasteiger partial charge >= 0.3 is 5.69 Å². The summed E-state index contributed by atoms with van der Waals surface area (Å²) in [4.78, 5) is 16.6. The van der Waals surface area contributed by atoms with E-state index in [1.165, 1.54) is 23.1 Å². The largest absolute Gasteiger partial charge is 0.323 e. The second-order valence-electron chi connectivity index (χ2n) is 4.91. The van der Waals surface area contributed by atoms with Gasteiger partial charge < -0.3 is 9.97 Å². The van der Waals surface area contributed by atoms with Crippen LogP contribution in [0.25, 0.3) is 0 Å². The van der Waals surface area contributed by atoms with Gasteiger partial charge in [-0.3, -0.25) is 0 Å². The molecule has 0 aliphatic heterocycles. The number of hydrogen-bond donors (Lipinski definition) is 2. The van der Waals surface area contributed by atoms with Gasteiger partial charge in [-0.05, 0) is 43.2 Å². The zero-order valence-electron chi connectivity index (χ0n) is 9.92. The van der Waals surface area contributed by atoms with Gasteiger partial charge in [0.2, 0.25) is 0 Å². The molecule has 0 bridgehead atoms. The van der Waals surface area contributed by atoms with Crippen molar-refractivity contribution in [2.75, 3.05) is 0 Å². The van der Waals surface area contributed by atoms with E-state index in [2.05, 4.69) is 35.1 Å². The van der Waals surface area contributed by atoms with Gasteiger partial charge in [0.1, 0.15) is 0 Å². The Morgan fingerprint density at radius 2 is 2.29 bits per heavy atom. The Bertz CT molecular complexity index is 594. The molecule has 1 aromatic carbocycles. The molecule has 1 atom stereocenters. The molecule has 17 heavy (non-hydrogen) atoms. The molecule has 0 saturated carbocycles. The molecular weight excluding hydrogens is 212 g/mol. The van der Waals surface area contributed by atoms with E-state index in [0.29, 0.717) is 5.92 Å². The summed E-state index contributed by atoms with van der Waals surface area (Å²) in [5.74, 6) is 0.552. The second-order valence-corrected chi connectivity index (χ2v) is 4.91. The maximum absolute atomic E-state index is 11.1. The fraction of sp³-hybridized carbons (Fsp3) is 0.357. The minimum Gasteiger partial charge on any atom is -0.313 e. The van der Waals surface area contributed by atoms with Gasteiger partial charge in [-0.25, -0.2) is 4.79 Å².